The predicted octanol–water partition coefficient (Wildman–Crippen LogP) is 0.537. The van der Waals surface area contributed by atoms with Crippen LogP contribution in [0.3, 0.4) is 0 Å². The summed E-state index contributed by atoms with van der Waals surface area (Å²) in [6, 6.07) is 0. The van der Waals surface area contributed by atoms with E-state index in [0.29, 0.717) is 13.0 Å². The average Bonchev–Trinajstić information content (AvgIpc) is 2.69. The van der Waals surface area contributed by atoms with E-state index in [2.05, 4.69) is 10.3 Å². The minimum atomic E-state index is 0.172. The van der Waals surface area contributed by atoms with Crippen molar-refractivity contribution < 1.29 is 4.79 Å². The minimum absolute atomic E-state index is 0.172. The van der Waals surface area contributed by atoms with Gasteiger partial charge < -0.3 is 4.90 Å². The van der Waals surface area contributed by atoms with Crippen molar-refractivity contribution in [1.82, 2.24) is 19.9 Å². The molecule has 14 heavy (non-hydrogen) atoms. The molecule has 0 atom stereocenters. The Bertz CT molecular complexity index is 266. The zero-order chi connectivity index (χ0) is 10.4. The predicted molar refractivity (Wildman–Crippen MR) is 52.6 cm³/mol. The second-order valence-corrected chi connectivity index (χ2v) is 2.98. The third-order valence-electron chi connectivity index (χ3n) is 2.14. The fourth-order valence-electron chi connectivity index (χ4n) is 1.30. The highest BCUT2D eigenvalue weighted by molar-refractivity contribution is 5.75. The fourth-order valence-corrected chi connectivity index (χ4v) is 1.30. The third kappa shape index (κ3) is 2.83. The largest absolute Gasteiger partial charge is 0.343 e. The number of carbonyl (C=O) groups excluding carboxylic acids is 1. The van der Waals surface area contributed by atoms with Gasteiger partial charge in [-0.1, -0.05) is 5.21 Å². The van der Waals surface area contributed by atoms with Gasteiger partial charge in [-0.25, -0.2) is 0 Å². The van der Waals surface area contributed by atoms with Crippen molar-refractivity contribution in [1.29, 1.82) is 0 Å². The molecule has 0 aliphatic rings. The standard InChI is InChI=1S/C9H16N4O/c1-3-12(4-2)9(14)5-7-13-8-6-10-11-13/h6,8H,3-5,7H2,1-2H3. The number of aromatic nitrogens is 3. The fraction of sp³-hybridized carbons (Fsp3) is 0.667. The van der Waals surface area contributed by atoms with Gasteiger partial charge in [0.2, 0.25) is 5.91 Å². The zero-order valence-electron chi connectivity index (χ0n) is 8.68. The van der Waals surface area contributed by atoms with Crippen molar-refractivity contribution in [3.05, 3.63) is 12.4 Å². The van der Waals surface area contributed by atoms with Gasteiger partial charge in [0.1, 0.15) is 0 Å². The molecule has 0 saturated heterocycles. The molecule has 0 aromatic carbocycles. The molecule has 5 heteroatoms. The van der Waals surface area contributed by atoms with E-state index in [1.165, 1.54) is 0 Å². The van der Waals surface area contributed by atoms with Crippen LogP contribution in [-0.4, -0.2) is 38.9 Å². The Kier molecular flexibility index (Phi) is 4.10. The number of carbonyl (C=O) groups is 1. The van der Waals surface area contributed by atoms with Gasteiger partial charge in [-0.05, 0) is 13.8 Å². The second kappa shape index (κ2) is 5.36. The van der Waals surface area contributed by atoms with Crippen molar-refractivity contribution in [3.63, 3.8) is 0 Å². The van der Waals surface area contributed by atoms with Gasteiger partial charge >= 0.3 is 0 Å². The van der Waals surface area contributed by atoms with E-state index in [-0.39, 0.29) is 5.91 Å². The van der Waals surface area contributed by atoms with Crippen LogP contribution in [-0.2, 0) is 11.3 Å². The van der Waals surface area contributed by atoms with Crippen LogP contribution in [0, 0.1) is 0 Å². The molecule has 0 fully saturated rings. The number of hydrogen-bond acceptors (Lipinski definition) is 3. The lowest BCUT2D eigenvalue weighted by atomic mass is 10.3. The van der Waals surface area contributed by atoms with Crippen molar-refractivity contribution in [2.24, 2.45) is 0 Å². The first-order valence-electron chi connectivity index (χ1n) is 4.89. The summed E-state index contributed by atoms with van der Waals surface area (Å²) in [5.41, 5.74) is 0. The monoisotopic (exact) mass is 196 g/mol. The lowest BCUT2D eigenvalue weighted by molar-refractivity contribution is -0.131. The maximum absolute atomic E-state index is 11.6. The smallest absolute Gasteiger partial charge is 0.224 e. The number of aryl methyl sites for hydroxylation is 1. The van der Waals surface area contributed by atoms with E-state index >= 15 is 0 Å². The van der Waals surface area contributed by atoms with Crippen LogP contribution in [0.5, 0.6) is 0 Å². The first kappa shape index (κ1) is 10.7. The molecule has 0 radical (unpaired) electrons. The van der Waals surface area contributed by atoms with Gasteiger partial charge in [0.15, 0.2) is 0 Å². The van der Waals surface area contributed by atoms with Crippen LogP contribution in [0.15, 0.2) is 12.4 Å². The molecule has 1 heterocycles. The zero-order valence-corrected chi connectivity index (χ0v) is 8.68. The summed E-state index contributed by atoms with van der Waals surface area (Å²) in [4.78, 5) is 13.4. The van der Waals surface area contributed by atoms with Crippen molar-refractivity contribution in [3.8, 4) is 0 Å². The Balaban J connectivity index is 2.34. The molecule has 0 aliphatic heterocycles. The lowest BCUT2D eigenvalue weighted by Gasteiger charge is -2.18. The summed E-state index contributed by atoms with van der Waals surface area (Å²) in [5, 5.41) is 7.47. The summed E-state index contributed by atoms with van der Waals surface area (Å²) in [7, 11) is 0. The molecule has 0 unspecified atom stereocenters. The molecule has 0 aliphatic carbocycles. The van der Waals surface area contributed by atoms with Crippen molar-refractivity contribution in [2.75, 3.05) is 13.1 Å². The summed E-state index contributed by atoms with van der Waals surface area (Å²) in [6.07, 6.45) is 3.86. The number of hydrogen-bond donors (Lipinski definition) is 0. The number of nitrogens with zero attached hydrogens (tertiary/aromatic N) is 4. The Morgan fingerprint density at radius 2 is 2.14 bits per heavy atom. The molecule has 0 saturated carbocycles. The van der Waals surface area contributed by atoms with Crippen LogP contribution in [0.25, 0.3) is 0 Å². The highest BCUT2D eigenvalue weighted by atomic mass is 16.2. The van der Waals surface area contributed by atoms with E-state index in [9.17, 15) is 4.79 Å². The summed E-state index contributed by atoms with van der Waals surface area (Å²) in [6.45, 7) is 6.11. The van der Waals surface area contributed by atoms with Crippen molar-refractivity contribution in [2.45, 2.75) is 26.8 Å². The SMILES string of the molecule is CCN(CC)C(=O)CCn1ccnn1. The number of rotatable bonds is 5. The van der Waals surface area contributed by atoms with Gasteiger partial charge in [0.05, 0.1) is 12.7 Å². The molecular weight excluding hydrogens is 180 g/mol. The Hall–Kier alpha value is -1.39. The molecular formula is C9H16N4O. The molecule has 0 N–H and O–H groups in total. The van der Waals surface area contributed by atoms with E-state index in [0.717, 1.165) is 13.1 Å². The molecule has 1 aromatic heterocycles. The summed E-state index contributed by atoms with van der Waals surface area (Å²) >= 11 is 0. The van der Waals surface area contributed by atoms with Gasteiger partial charge in [-0.2, -0.15) is 0 Å². The molecule has 1 aromatic rings. The topological polar surface area (TPSA) is 51.0 Å². The first-order valence-corrected chi connectivity index (χ1v) is 4.89. The Morgan fingerprint density at radius 1 is 1.43 bits per heavy atom. The summed E-state index contributed by atoms with van der Waals surface area (Å²) < 4.78 is 1.67. The van der Waals surface area contributed by atoms with Crippen LogP contribution in [0.4, 0.5) is 0 Å². The third-order valence-corrected chi connectivity index (χ3v) is 2.14. The van der Waals surface area contributed by atoms with Crippen LogP contribution >= 0.6 is 0 Å². The van der Waals surface area contributed by atoms with Crippen LogP contribution in [0.2, 0.25) is 0 Å². The van der Waals surface area contributed by atoms with E-state index in [1.54, 1.807) is 17.1 Å². The Morgan fingerprint density at radius 3 is 2.64 bits per heavy atom. The van der Waals surface area contributed by atoms with Crippen molar-refractivity contribution >= 4 is 5.91 Å². The normalized spacial score (nSPS) is 10.1. The summed E-state index contributed by atoms with van der Waals surface area (Å²) in [5.74, 6) is 0.172. The molecule has 0 spiro atoms. The number of amides is 1. The maximum Gasteiger partial charge on any atom is 0.224 e. The molecule has 0 bridgehead atoms. The van der Waals surface area contributed by atoms with Gasteiger partial charge in [-0.3, -0.25) is 9.48 Å². The molecule has 5 nitrogen and oxygen atoms in total. The quantitative estimate of drug-likeness (QED) is 0.690. The molecule has 1 amide bonds. The first-order chi connectivity index (χ1) is 6.77. The van der Waals surface area contributed by atoms with E-state index in [1.807, 2.05) is 18.7 Å². The van der Waals surface area contributed by atoms with Gasteiger partial charge in [0, 0.05) is 25.7 Å². The van der Waals surface area contributed by atoms with Gasteiger partial charge in [0.25, 0.3) is 0 Å². The van der Waals surface area contributed by atoms with E-state index < -0.39 is 0 Å². The van der Waals surface area contributed by atoms with Gasteiger partial charge in [-0.15, -0.1) is 5.10 Å². The highest BCUT2D eigenvalue weighted by Gasteiger charge is 2.08. The van der Waals surface area contributed by atoms with Crippen LogP contribution in [0.1, 0.15) is 20.3 Å². The van der Waals surface area contributed by atoms with Crippen LogP contribution < -0.4 is 0 Å². The van der Waals surface area contributed by atoms with E-state index in [4.69, 9.17) is 0 Å². The minimum Gasteiger partial charge on any atom is -0.343 e. The maximum atomic E-state index is 11.6. The Labute approximate surface area is 83.7 Å². The molecule has 1 rings (SSSR count). The highest BCUT2D eigenvalue weighted by Crippen LogP contribution is 1.95. The second-order valence-electron chi connectivity index (χ2n) is 2.98. The molecule has 78 valence electrons. The average molecular weight is 196 g/mol. The lowest BCUT2D eigenvalue weighted by Crippen LogP contribution is -2.31.